The maximum atomic E-state index is 12.1. The van der Waals surface area contributed by atoms with Gasteiger partial charge in [0.15, 0.2) is 5.69 Å². The van der Waals surface area contributed by atoms with Crippen LogP contribution in [0.4, 0.5) is 5.82 Å². The van der Waals surface area contributed by atoms with Crippen molar-refractivity contribution in [1.29, 1.82) is 0 Å². The molecule has 0 saturated carbocycles. The van der Waals surface area contributed by atoms with E-state index in [1.165, 1.54) is 4.90 Å². The summed E-state index contributed by atoms with van der Waals surface area (Å²) < 4.78 is 2.55. The monoisotopic (exact) mass is 356 g/mol. The standard InChI is InChI=1S/C11H13BrN6O3/c1-3-17-5-7(12)9(15-17)6-16(2)11(19)8-4-10(14-13-8)18(20)21/h4-5H,3,6H2,1-2H3,(H,13,14). The van der Waals surface area contributed by atoms with Crippen LogP contribution in [0.1, 0.15) is 23.1 Å². The quantitative estimate of drug-likeness (QED) is 0.645. The van der Waals surface area contributed by atoms with Crippen molar-refractivity contribution in [3.63, 3.8) is 0 Å². The number of rotatable bonds is 5. The molecule has 0 spiro atoms. The predicted molar refractivity (Wildman–Crippen MR) is 76.6 cm³/mol. The Hall–Kier alpha value is -2.23. The average Bonchev–Trinajstić information content (AvgIpc) is 3.05. The van der Waals surface area contributed by atoms with E-state index in [1.807, 2.05) is 13.1 Å². The van der Waals surface area contributed by atoms with Crippen molar-refractivity contribution in [3.8, 4) is 0 Å². The fourth-order valence-corrected chi connectivity index (χ4v) is 2.15. The first-order valence-electron chi connectivity index (χ1n) is 6.09. The number of aryl methyl sites for hydroxylation is 1. The lowest BCUT2D eigenvalue weighted by Gasteiger charge is -2.13. The van der Waals surface area contributed by atoms with Gasteiger partial charge in [-0.25, -0.2) is 0 Å². The van der Waals surface area contributed by atoms with Crippen molar-refractivity contribution in [2.75, 3.05) is 7.05 Å². The number of nitrogens with one attached hydrogen (secondary N) is 1. The number of hydrogen-bond acceptors (Lipinski definition) is 5. The first-order valence-corrected chi connectivity index (χ1v) is 6.88. The van der Waals surface area contributed by atoms with Crippen LogP contribution >= 0.6 is 15.9 Å². The fourth-order valence-electron chi connectivity index (χ4n) is 1.71. The molecule has 2 rings (SSSR count). The number of carbonyl (C=O) groups is 1. The van der Waals surface area contributed by atoms with E-state index in [4.69, 9.17) is 0 Å². The Balaban J connectivity index is 2.11. The third-order valence-electron chi connectivity index (χ3n) is 2.82. The second-order valence-corrected chi connectivity index (χ2v) is 5.19. The molecule has 0 unspecified atom stereocenters. The molecule has 9 nitrogen and oxygen atoms in total. The molecule has 0 atom stereocenters. The van der Waals surface area contributed by atoms with Crippen LogP contribution in [-0.4, -0.2) is 42.8 Å². The fraction of sp³-hybridized carbons (Fsp3) is 0.364. The van der Waals surface area contributed by atoms with Crippen LogP contribution in [0, 0.1) is 10.1 Å². The average molecular weight is 357 g/mol. The normalized spacial score (nSPS) is 10.6. The maximum absolute atomic E-state index is 12.1. The highest BCUT2D eigenvalue weighted by atomic mass is 79.9. The van der Waals surface area contributed by atoms with Crippen molar-refractivity contribution in [1.82, 2.24) is 24.9 Å². The molecule has 0 aliphatic rings. The smallest absolute Gasteiger partial charge is 0.343 e. The van der Waals surface area contributed by atoms with Crippen LogP contribution in [0.15, 0.2) is 16.7 Å². The Morgan fingerprint density at radius 3 is 2.86 bits per heavy atom. The van der Waals surface area contributed by atoms with Gasteiger partial charge in [0.2, 0.25) is 0 Å². The van der Waals surface area contributed by atoms with Gasteiger partial charge >= 0.3 is 5.82 Å². The molecule has 1 amide bonds. The Labute approximate surface area is 128 Å². The summed E-state index contributed by atoms with van der Waals surface area (Å²) in [7, 11) is 1.58. The highest BCUT2D eigenvalue weighted by molar-refractivity contribution is 9.10. The molecule has 2 aromatic rings. The minimum atomic E-state index is -0.636. The van der Waals surface area contributed by atoms with E-state index < -0.39 is 10.8 Å². The molecule has 0 fully saturated rings. The van der Waals surface area contributed by atoms with Crippen LogP contribution < -0.4 is 0 Å². The third-order valence-corrected chi connectivity index (χ3v) is 3.49. The molecule has 112 valence electrons. The van der Waals surface area contributed by atoms with Crippen LogP contribution in [0.25, 0.3) is 0 Å². The summed E-state index contributed by atoms with van der Waals surface area (Å²) >= 11 is 3.38. The Morgan fingerprint density at radius 2 is 2.33 bits per heavy atom. The van der Waals surface area contributed by atoms with Crippen molar-refractivity contribution < 1.29 is 9.72 Å². The molecule has 0 aliphatic heterocycles. The minimum absolute atomic E-state index is 0.00440. The van der Waals surface area contributed by atoms with E-state index in [0.717, 1.165) is 17.1 Å². The second-order valence-electron chi connectivity index (χ2n) is 4.34. The van der Waals surface area contributed by atoms with E-state index in [0.29, 0.717) is 5.69 Å². The number of aromatic amines is 1. The van der Waals surface area contributed by atoms with Gasteiger partial charge in [-0.05, 0) is 27.8 Å². The number of hydrogen-bond donors (Lipinski definition) is 1. The van der Waals surface area contributed by atoms with Crippen molar-refractivity contribution in [2.24, 2.45) is 0 Å². The third kappa shape index (κ3) is 3.27. The van der Waals surface area contributed by atoms with Crippen LogP contribution in [-0.2, 0) is 13.1 Å². The molecule has 2 heterocycles. The lowest BCUT2D eigenvalue weighted by Crippen LogP contribution is -2.27. The number of H-pyrrole nitrogens is 1. The van der Waals surface area contributed by atoms with Gasteiger partial charge < -0.3 is 15.0 Å². The zero-order valence-electron chi connectivity index (χ0n) is 11.4. The summed E-state index contributed by atoms with van der Waals surface area (Å²) in [5.74, 6) is -0.736. The highest BCUT2D eigenvalue weighted by Crippen LogP contribution is 2.17. The van der Waals surface area contributed by atoms with Crippen molar-refractivity contribution in [3.05, 3.63) is 38.2 Å². The van der Waals surface area contributed by atoms with Gasteiger partial charge in [-0.1, -0.05) is 5.10 Å². The van der Waals surface area contributed by atoms with Gasteiger partial charge in [-0.2, -0.15) is 5.10 Å². The van der Waals surface area contributed by atoms with E-state index >= 15 is 0 Å². The molecule has 10 heteroatoms. The summed E-state index contributed by atoms with van der Waals surface area (Å²) in [6.07, 6.45) is 1.83. The summed E-state index contributed by atoms with van der Waals surface area (Å²) in [6.45, 7) is 2.95. The van der Waals surface area contributed by atoms with E-state index in [1.54, 1.807) is 11.7 Å². The van der Waals surface area contributed by atoms with Crippen molar-refractivity contribution in [2.45, 2.75) is 20.0 Å². The first-order chi connectivity index (χ1) is 9.92. The van der Waals surface area contributed by atoms with Gasteiger partial charge in [0.1, 0.15) is 0 Å². The van der Waals surface area contributed by atoms with Gasteiger partial charge in [-0.15, -0.1) is 5.10 Å². The first kappa shape index (κ1) is 15.2. The maximum Gasteiger partial charge on any atom is 0.343 e. The largest absolute Gasteiger partial charge is 0.358 e. The van der Waals surface area contributed by atoms with E-state index in [2.05, 4.69) is 31.2 Å². The Morgan fingerprint density at radius 1 is 1.62 bits per heavy atom. The molecule has 21 heavy (non-hydrogen) atoms. The number of carbonyl (C=O) groups excluding carboxylic acids is 1. The lowest BCUT2D eigenvalue weighted by atomic mass is 10.3. The van der Waals surface area contributed by atoms with Gasteiger partial charge in [0, 0.05) is 19.8 Å². The van der Waals surface area contributed by atoms with Crippen molar-refractivity contribution >= 4 is 27.7 Å². The topological polar surface area (TPSA) is 110 Å². The Bertz CT molecular complexity index is 679. The zero-order chi connectivity index (χ0) is 15.6. The molecular weight excluding hydrogens is 344 g/mol. The zero-order valence-corrected chi connectivity index (χ0v) is 13.0. The van der Waals surface area contributed by atoms with E-state index in [9.17, 15) is 14.9 Å². The molecular formula is C11H13BrN6O3. The number of nitro groups is 1. The highest BCUT2D eigenvalue weighted by Gasteiger charge is 2.21. The number of amides is 1. The molecule has 0 radical (unpaired) electrons. The molecule has 2 aromatic heterocycles. The van der Waals surface area contributed by atoms with Gasteiger partial charge in [-0.3, -0.25) is 9.48 Å². The SMILES string of the molecule is CCn1cc(Br)c(CN(C)C(=O)c2cc([N+](=O)[O-])[nH]n2)n1. The summed E-state index contributed by atoms with van der Waals surface area (Å²) in [5.41, 5.74) is 0.702. The molecule has 0 bridgehead atoms. The van der Waals surface area contributed by atoms with Crippen LogP contribution in [0.3, 0.4) is 0 Å². The molecule has 0 aromatic carbocycles. The lowest BCUT2D eigenvalue weighted by molar-refractivity contribution is -0.389. The summed E-state index contributed by atoms with van der Waals surface area (Å²) in [6, 6.07) is 1.11. The molecule has 0 saturated heterocycles. The van der Waals surface area contributed by atoms with Gasteiger partial charge in [0.05, 0.1) is 22.8 Å². The minimum Gasteiger partial charge on any atom is -0.358 e. The van der Waals surface area contributed by atoms with Crippen LogP contribution in [0.5, 0.6) is 0 Å². The predicted octanol–water partition coefficient (Wildman–Crippen LogP) is 1.57. The number of halogens is 1. The van der Waals surface area contributed by atoms with E-state index in [-0.39, 0.29) is 18.1 Å². The number of nitrogens with zero attached hydrogens (tertiary/aromatic N) is 5. The Kier molecular flexibility index (Phi) is 4.36. The second kappa shape index (κ2) is 6.04. The summed E-state index contributed by atoms with van der Waals surface area (Å²) in [5, 5.41) is 20.7. The summed E-state index contributed by atoms with van der Waals surface area (Å²) in [4.78, 5) is 23.5. The molecule has 1 N–H and O–H groups in total. The van der Waals surface area contributed by atoms with Gasteiger partial charge in [0.25, 0.3) is 5.91 Å². The van der Waals surface area contributed by atoms with Crippen LogP contribution in [0.2, 0.25) is 0 Å². The number of aromatic nitrogens is 4. The molecule has 0 aliphatic carbocycles.